The molecule has 3 nitrogen and oxygen atoms in total. The standard InChI is InChI=1S/C19H19FN2OS2/c1-11-7-8-13-15(9-11)25-17-16(13)18(23)22(2)19(21-17)24-10-12-5-3-4-6-14(12)20/h3-6,11H,7-10H2,1-2H3/t11-/m0/s1. The van der Waals surface area contributed by atoms with Crippen molar-refractivity contribution in [2.45, 2.75) is 37.1 Å². The van der Waals surface area contributed by atoms with Gasteiger partial charge in [-0.2, -0.15) is 0 Å². The number of aryl methyl sites for hydroxylation is 1. The average molecular weight is 375 g/mol. The van der Waals surface area contributed by atoms with Gasteiger partial charge in [0, 0.05) is 17.7 Å². The summed E-state index contributed by atoms with van der Waals surface area (Å²) in [6.07, 6.45) is 3.14. The third-order valence-electron chi connectivity index (χ3n) is 4.81. The van der Waals surface area contributed by atoms with Crippen molar-refractivity contribution in [3.8, 4) is 0 Å². The molecule has 1 aromatic carbocycles. The number of benzene rings is 1. The Morgan fingerprint density at radius 2 is 2.20 bits per heavy atom. The maximum Gasteiger partial charge on any atom is 0.262 e. The molecule has 2 heterocycles. The summed E-state index contributed by atoms with van der Waals surface area (Å²) in [7, 11) is 1.76. The molecule has 0 fully saturated rings. The lowest BCUT2D eigenvalue weighted by atomic mass is 9.89. The first-order valence-corrected chi connectivity index (χ1v) is 10.2. The Morgan fingerprint density at radius 1 is 1.40 bits per heavy atom. The number of nitrogens with zero attached hydrogens (tertiary/aromatic N) is 2. The van der Waals surface area contributed by atoms with E-state index in [0.717, 1.165) is 29.5 Å². The van der Waals surface area contributed by atoms with Crippen LogP contribution >= 0.6 is 23.1 Å². The van der Waals surface area contributed by atoms with Gasteiger partial charge in [-0.1, -0.05) is 36.9 Å². The van der Waals surface area contributed by atoms with Crippen LogP contribution in [0.2, 0.25) is 0 Å². The molecule has 4 rings (SSSR count). The predicted molar refractivity (Wildman–Crippen MR) is 102 cm³/mol. The zero-order valence-electron chi connectivity index (χ0n) is 14.2. The summed E-state index contributed by atoms with van der Waals surface area (Å²) >= 11 is 3.06. The van der Waals surface area contributed by atoms with Crippen molar-refractivity contribution in [2.75, 3.05) is 0 Å². The molecule has 0 radical (unpaired) electrons. The summed E-state index contributed by atoms with van der Waals surface area (Å²) in [5, 5.41) is 1.44. The Morgan fingerprint density at radius 3 is 3.00 bits per heavy atom. The fourth-order valence-electron chi connectivity index (χ4n) is 3.34. The number of thiophene rings is 1. The highest BCUT2D eigenvalue weighted by Gasteiger charge is 2.24. The van der Waals surface area contributed by atoms with Crippen LogP contribution in [0.3, 0.4) is 0 Å². The predicted octanol–water partition coefficient (Wildman–Crippen LogP) is 4.55. The lowest BCUT2D eigenvalue weighted by molar-refractivity contribution is 0.509. The molecule has 0 spiro atoms. The van der Waals surface area contributed by atoms with Crippen molar-refractivity contribution >= 4 is 33.3 Å². The van der Waals surface area contributed by atoms with Crippen molar-refractivity contribution in [3.05, 3.63) is 56.4 Å². The minimum atomic E-state index is -0.221. The Bertz CT molecular complexity index is 1010. The molecule has 0 aliphatic heterocycles. The smallest absolute Gasteiger partial charge is 0.262 e. The molecule has 1 aliphatic rings. The van der Waals surface area contributed by atoms with Crippen LogP contribution in [0.4, 0.5) is 4.39 Å². The second-order valence-corrected chi connectivity index (χ2v) is 8.70. The van der Waals surface area contributed by atoms with Gasteiger partial charge >= 0.3 is 0 Å². The normalized spacial score (nSPS) is 17.0. The van der Waals surface area contributed by atoms with Crippen LogP contribution in [0.15, 0.2) is 34.2 Å². The van der Waals surface area contributed by atoms with E-state index in [0.29, 0.717) is 22.4 Å². The summed E-state index contributed by atoms with van der Waals surface area (Å²) < 4.78 is 15.4. The summed E-state index contributed by atoms with van der Waals surface area (Å²) in [4.78, 5) is 19.8. The van der Waals surface area contributed by atoms with E-state index < -0.39 is 0 Å². The molecule has 3 aromatic rings. The van der Waals surface area contributed by atoms with E-state index in [2.05, 4.69) is 6.92 Å². The van der Waals surface area contributed by atoms with Gasteiger partial charge in [-0.25, -0.2) is 9.37 Å². The van der Waals surface area contributed by atoms with Crippen LogP contribution in [0.1, 0.15) is 29.3 Å². The van der Waals surface area contributed by atoms with E-state index >= 15 is 0 Å². The van der Waals surface area contributed by atoms with E-state index in [9.17, 15) is 9.18 Å². The topological polar surface area (TPSA) is 34.9 Å². The maximum absolute atomic E-state index is 13.8. The number of rotatable bonds is 3. The van der Waals surface area contributed by atoms with Crippen molar-refractivity contribution in [1.29, 1.82) is 0 Å². The molecule has 25 heavy (non-hydrogen) atoms. The SMILES string of the molecule is C[C@H]1CCc2c(sc3nc(SCc4ccccc4F)n(C)c(=O)c23)C1. The Labute approximate surface area is 153 Å². The van der Waals surface area contributed by atoms with Crippen LogP contribution in [0.5, 0.6) is 0 Å². The molecule has 0 N–H and O–H groups in total. The quantitative estimate of drug-likeness (QED) is 0.498. The summed E-state index contributed by atoms with van der Waals surface area (Å²) in [6, 6.07) is 6.73. The highest BCUT2D eigenvalue weighted by Crippen LogP contribution is 2.36. The van der Waals surface area contributed by atoms with Gasteiger partial charge in [-0.15, -0.1) is 11.3 Å². The minimum absolute atomic E-state index is 0.0214. The van der Waals surface area contributed by atoms with Crippen molar-refractivity contribution in [2.24, 2.45) is 13.0 Å². The first kappa shape index (κ1) is 16.8. The van der Waals surface area contributed by atoms with Gasteiger partial charge in [-0.05, 0) is 42.4 Å². The molecule has 0 saturated carbocycles. The summed E-state index contributed by atoms with van der Waals surface area (Å²) in [5.41, 5.74) is 1.85. The van der Waals surface area contributed by atoms with E-state index in [4.69, 9.17) is 4.98 Å². The van der Waals surface area contributed by atoms with Crippen LogP contribution in [-0.2, 0) is 25.6 Å². The van der Waals surface area contributed by atoms with Gasteiger partial charge in [0.05, 0.1) is 5.39 Å². The van der Waals surface area contributed by atoms with Crippen LogP contribution in [-0.4, -0.2) is 9.55 Å². The van der Waals surface area contributed by atoms with Crippen molar-refractivity contribution < 1.29 is 4.39 Å². The van der Waals surface area contributed by atoms with Crippen LogP contribution < -0.4 is 5.56 Å². The van der Waals surface area contributed by atoms with Gasteiger partial charge in [0.1, 0.15) is 10.6 Å². The molecule has 0 amide bonds. The number of hydrogen-bond acceptors (Lipinski definition) is 4. The first-order chi connectivity index (χ1) is 12.0. The molecule has 1 aliphatic carbocycles. The first-order valence-electron chi connectivity index (χ1n) is 8.42. The number of thioether (sulfide) groups is 1. The highest BCUT2D eigenvalue weighted by molar-refractivity contribution is 7.98. The Hall–Kier alpha value is -1.66. The van der Waals surface area contributed by atoms with E-state index in [1.54, 1.807) is 35.1 Å². The van der Waals surface area contributed by atoms with Crippen molar-refractivity contribution in [3.63, 3.8) is 0 Å². The zero-order valence-corrected chi connectivity index (χ0v) is 15.8. The Kier molecular flexibility index (Phi) is 4.41. The molecule has 130 valence electrons. The molecule has 0 bridgehead atoms. The monoisotopic (exact) mass is 374 g/mol. The number of halogens is 1. The zero-order chi connectivity index (χ0) is 17.6. The third kappa shape index (κ3) is 3.02. The fraction of sp³-hybridized carbons (Fsp3) is 0.368. The molecule has 2 aromatic heterocycles. The molecule has 1 atom stereocenters. The number of hydrogen-bond donors (Lipinski definition) is 0. The second-order valence-electron chi connectivity index (χ2n) is 6.67. The van der Waals surface area contributed by atoms with E-state index in [-0.39, 0.29) is 11.4 Å². The fourth-order valence-corrected chi connectivity index (χ4v) is 5.72. The highest BCUT2D eigenvalue weighted by atomic mass is 32.2. The largest absolute Gasteiger partial charge is 0.290 e. The van der Waals surface area contributed by atoms with Crippen LogP contribution in [0.25, 0.3) is 10.2 Å². The lowest BCUT2D eigenvalue weighted by Crippen LogP contribution is -2.21. The molecular weight excluding hydrogens is 355 g/mol. The average Bonchev–Trinajstić information content (AvgIpc) is 2.95. The van der Waals surface area contributed by atoms with E-state index in [1.165, 1.54) is 28.3 Å². The third-order valence-corrected chi connectivity index (χ3v) is 7.04. The van der Waals surface area contributed by atoms with Gasteiger partial charge in [0.15, 0.2) is 5.16 Å². The number of aromatic nitrogens is 2. The van der Waals surface area contributed by atoms with Crippen molar-refractivity contribution in [1.82, 2.24) is 9.55 Å². The molecular formula is C19H19FN2OS2. The summed E-state index contributed by atoms with van der Waals surface area (Å²) in [6.45, 7) is 2.26. The van der Waals surface area contributed by atoms with Gasteiger partial charge < -0.3 is 0 Å². The number of fused-ring (bicyclic) bond motifs is 3. The Balaban J connectivity index is 1.72. The van der Waals surface area contributed by atoms with Gasteiger partial charge in [-0.3, -0.25) is 9.36 Å². The lowest BCUT2D eigenvalue weighted by Gasteiger charge is -2.17. The van der Waals surface area contributed by atoms with Gasteiger partial charge in [0.2, 0.25) is 0 Å². The molecule has 0 unspecified atom stereocenters. The summed E-state index contributed by atoms with van der Waals surface area (Å²) in [5.74, 6) is 0.904. The molecule has 6 heteroatoms. The maximum atomic E-state index is 13.8. The minimum Gasteiger partial charge on any atom is -0.290 e. The second kappa shape index (κ2) is 6.57. The molecule has 0 saturated heterocycles. The van der Waals surface area contributed by atoms with E-state index in [1.807, 2.05) is 6.07 Å². The van der Waals surface area contributed by atoms with Gasteiger partial charge in [0.25, 0.3) is 5.56 Å². The van der Waals surface area contributed by atoms with Crippen LogP contribution in [0, 0.1) is 11.7 Å².